The van der Waals surface area contributed by atoms with Gasteiger partial charge in [-0.25, -0.2) is 0 Å². The Morgan fingerprint density at radius 3 is 2.00 bits per heavy atom. The van der Waals surface area contributed by atoms with Gasteiger partial charge in [-0.1, -0.05) is 34.6 Å². The molecule has 0 saturated carbocycles. The van der Waals surface area contributed by atoms with Crippen molar-refractivity contribution in [1.29, 1.82) is 0 Å². The summed E-state index contributed by atoms with van der Waals surface area (Å²) in [4.78, 5) is 12.2. The molecule has 0 rings (SSSR count). The Balaban J connectivity index is 4.94. The van der Waals surface area contributed by atoms with Crippen LogP contribution in [0.4, 0.5) is 0 Å². The molecule has 0 aliphatic rings. The standard InChI is InChI=1S/C13H26O3/c1-7-8-16-12(14)13(9-15-6,10(2)3)11(4)5/h10-11H,7-9H2,1-6H3. The summed E-state index contributed by atoms with van der Waals surface area (Å²) in [6.45, 7) is 11.1. The predicted molar refractivity (Wildman–Crippen MR) is 65.2 cm³/mol. The summed E-state index contributed by atoms with van der Waals surface area (Å²) in [7, 11) is 1.63. The highest BCUT2D eigenvalue weighted by molar-refractivity contribution is 5.77. The fourth-order valence-electron chi connectivity index (χ4n) is 2.10. The number of hydrogen-bond donors (Lipinski definition) is 0. The highest BCUT2D eigenvalue weighted by Crippen LogP contribution is 2.37. The second-order valence-corrected chi connectivity index (χ2v) is 4.92. The molecule has 3 nitrogen and oxygen atoms in total. The molecule has 0 aliphatic heterocycles. The Kier molecular flexibility index (Phi) is 6.65. The second kappa shape index (κ2) is 6.89. The van der Waals surface area contributed by atoms with E-state index in [4.69, 9.17) is 9.47 Å². The van der Waals surface area contributed by atoms with E-state index in [1.165, 1.54) is 0 Å². The number of hydrogen-bond acceptors (Lipinski definition) is 3. The van der Waals surface area contributed by atoms with Gasteiger partial charge in [-0.15, -0.1) is 0 Å². The van der Waals surface area contributed by atoms with Crippen LogP contribution in [0, 0.1) is 17.3 Å². The van der Waals surface area contributed by atoms with Crippen LogP contribution in [0.1, 0.15) is 41.0 Å². The quantitative estimate of drug-likeness (QED) is 0.631. The van der Waals surface area contributed by atoms with Crippen molar-refractivity contribution >= 4 is 5.97 Å². The molecule has 0 radical (unpaired) electrons. The number of esters is 1. The van der Waals surface area contributed by atoms with Gasteiger partial charge < -0.3 is 9.47 Å². The van der Waals surface area contributed by atoms with E-state index in [2.05, 4.69) is 0 Å². The van der Waals surface area contributed by atoms with E-state index in [9.17, 15) is 4.79 Å². The van der Waals surface area contributed by atoms with Crippen LogP contribution >= 0.6 is 0 Å². The van der Waals surface area contributed by atoms with Crippen LogP contribution in [0.3, 0.4) is 0 Å². The first-order chi connectivity index (χ1) is 7.43. The lowest BCUT2D eigenvalue weighted by Gasteiger charge is -2.38. The lowest BCUT2D eigenvalue weighted by molar-refractivity contribution is -0.167. The van der Waals surface area contributed by atoms with Crippen molar-refractivity contribution in [2.75, 3.05) is 20.3 Å². The molecule has 0 bridgehead atoms. The third-order valence-corrected chi connectivity index (χ3v) is 3.26. The minimum absolute atomic E-state index is 0.124. The summed E-state index contributed by atoms with van der Waals surface area (Å²) in [6.07, 6.45) is 0.852. The number of carbonyl (C=O) groups excluding carboxylic acids is 1. The Hall–Kier alpha value is -0.570. The van der Waals surface area contributed by atoms with Gasteiger partial charge in [-0.3, -0.25) is 4.79 Å². The highest BCUT2D eigenvalue weighted by atomic mass is 16.5. The molecule has 0 fully saturated rings. The van der Waals surface area contributed by atoms with Crippen molar-refractivity contribution in [3.63, 3.8) is 0 Å². The zero-order chi connectivity index (χ0) is 12.8. The molecule has 0 aromatic heterocycles. The Bertz CT molecular complexity index is 201. The molecule has 0 heterocycles. The average molecular weight is 230 g/mol. The molecule has 3 heteroatoms. The summed E-state index contributed by atoms with van der Waals surface area (Å²) in [5.41, 5.74) is -0.524. The lowest BCUT2D eigenvalue weighted by atomic mass is 9.69. The van der Waals surface area contributed by atoms with Crippen molar-refractivity contribution < 1.29 is 14.3 Å². The predicted octanol–water partition coefficient (Wildman–Crippen LogP) is 2.88. The van der Waals surface area contributed by atoms with Crippen LogP contribution in [0.15, 0.2) is 0 Å². The maximum absolute atomic E-state index is 12.2. The van der Waals surface area contributed by atoms with Crippen molar-refractivity contribution in [2.45, 2.75) is 41.0 Å². The van der Waals surface area contributed by atoms with Gasteiger partial charge in [0.1, 0.15) is 0 Å². The van der Waals surface area contributed by atoms with Gasteiger partial charge in [0.2, 0.25) is 0 Å². The average Bonchev–Trinajstić information content (AvgIpc) is 2.21. The van der Waals surface area contributed by atoms with Crippen LogP contribution in [-0.4, -0.2) is 26.3 Å². The molecule has 0 unspecified atom stereocenters. The Morgan fingerprint density at radius 2 is 1.69 bits per heavy atom. The van der Waals surface area contributed by atoms with E-state index in [-0.39, 0.29) is 17.8 Å². The number of methoxy groups -OCH3 is 1. The first-order valence-electron chi connectivity index (χ1n) is 6.09. The van der Waals surface area contributed by atoms with Gasteiger partial charge in [0.15, 0.2) is 0 Å². The van der Waals surface area contributed by atoms with Crippen molar-refractivity contribution in [3.8, 4) is 0 Å². The van der Waals surface area contributed by atoms with Gasteiger partial charge in [0.25, 0.3) is 0 Å². The molecule has 0 aromatic carbocycles. The third-order valence-electron chi connectivity index (χ3n) is 3.26. The summed E-state index contributed by atoms with van der Waals surface area (Å²) < 4.78 is 10.5. The number of carbonyl (C=O) groups is 1. The van der Waals surface area contributed by atoms with Gasteiger partial charge in [0, 0.05) is 7.11 Å². The van der Waals surface area contributed by atoms with Crippen LogP contribution in [-0.2, 0) is 14.3 Å². The largest absolute Gasteiger partial charge is 0.465 e. The van der Waals surface area contributed by atoms with E-state index >= 15 is 0 Å². The molecule has 0 N–H and O–H groups in total. The maximum atomic E-state index is 12.2. The Labute approximate surface area is 99.5 Å². The first kappa shape index (κ1) is 15.4. The molecule has 16 heavy (non-hydrogen) atoms. The van der Waals surface area contributed by atoms with Gasteiger partial charge >= 0.3 is 5.97 Å². The molecule has 0 aliphatic carbocycles. The molecule has 0 atom stereocenters. The van der Waals surface area contributed by atoms with Crippen molar-refractivity contribution in [1.82, 2.24) is 0 Å². The number of ether oxygens (including phenoxy) is 2. The first-order valence-corrected chi connectivity index (χ1v) is 6.09. The van der Waals surface area contributed by atoms with E-state index < -0.39 is 5.41 Å². The summed E-state index contributed by atoms with van der Waals surface area (Å²) in [6, 6.07) is 0. The normalized spacial score (nSPS) is 12.2. The molecular weight excluding hydrogens is 204 g/mol. The van der Waals surface area contributed by atoms with Gasteiger partial charge in [-0.05, 0) is 18.3 Å². The SMILES string of the molecule is CCCOC(=O)C(COC)(C(C)C)C(C)C. The fourth-order valence-corrected chi connectivity index (χ4v) is 2.10. The molecule has 0 amide bonds. The molecular formula is C13H26O3. The summed E-state index contributed by atoms with van der Waals surface area (Å²) in [5, 5.41) is 0. The third kappa shape index (κ3) is 3.21. The van der Waals surface area contributed by atoms with Crippen LogP contribution in [0.2, 0.25) is 0 Å². The van der Waals surface area contributed by atoms with Crippen LogP contribution < -0.4 is 0 Å². The van der Waals surface area contributed by atoms with Gasteiger partial charge in [0.05, 0.1) is 18.6 Å². The molecule has 0 saturated heterocycles. The molecule has 0 spiro atoms. The second-order valence-electron chi connectivity index (χ2n) is 4.92. The van der Waals surface area contributed by atoms with E-state index in [1.54, 1.807) is 7.11 Å². The summed E-state index contributed by atoms with van der Waals surface area (Å²) in [5.74, 6) is 0.287. The molecule has 96 valence electrons. The topological polar surface area (TPSA) is 35.5 Å². The van der Waals surface area contributed by atoms with E-state index in [0.717, 1.165) is 6.42 Å². The number of rotatable bonds is 7. The molecule has 0 aromatic rings. The van der Waals surface area contributed by atoms with Gasteiger partial charge in [-0.2, -0.15) is 0 Å². The van der Waals surface area contributed by atoms with E-state index in [1.807, 2.05) is 34.6 Å². The smallest absolute Gasteiger partial charge is 0.314 e. The van der Waals surface area contributed by atoms with E-state index in [0.29, 0.717) is 13.2 Å². The van der Waals surface area contributed by atoms with Crippen LogP contribution in [0.25, 0.3) is 0 Å². The minimum atomic E-state index is -0.524. The lowest BCUT2D eigenvalue weighted by Crippen LogP contribution is -2.46. The monoisotopic (exact) mass is 230 g/mol. The zero-order valence-electron chi connectivity index (χ0n) is 11.5. The zero-order valence-corrected chi connectivity index (χ0v) is 11.5. The maximum Gasteiger partial charge on any atom is 0.314 e. The van der Waals surface area contributed by atoms with Crippen LogP contribution in [0.5, 0.6) is 0 Å². The Morgan fingerprint density at radius 1 is 1.19 bits per heavy atom. The van der Waals surface area contributed by atoms with Crippen molar-refractivity contribution in [3.05, 3.63) is 0 Å². The van der Waals surface area contributed by atoms with Crippen molar-refractivity contribution in [2.24, 2.45) is 17.3 Å². The highest BCUT2D eigenvalue weighted by Gasteiger charge is 2.45. The fraction of sp³-hybridized carbons (Fsp3) is 0.923. The minimum Gasteiger partial charge on any atom is -0.465 e. The summed E-state index contributed by atoms with van der Waals surface area (Å²) >= 11 is 0.